The molecule has 1 heterocycles. The van der Waals surface area contributed by atoms with Crippen LogP contribution < -0.4 is 10.6 Å². The van der Waals surface area contributed by atoms with E-state index in [1.165, 1.54) is 0 Å². The summed E-state index contributed by atoms with van der Waals surface area (Å²) in [6.07, 6.45) is 4.58. The Morgan fingerprint density at radius 3 is 2.95 bits per heavy atom. The van der Waals surface area contributed by atoms with Gasteiger partial charge in [-0.15, -0.1) is 0 Å². The number of carbonyl (C=O) groups excluding carboxylic acids is 2. The minimum atomic E-state index is -0.337. The molecule has 2 rings (SSSR count). The van der Waals surface area contributed by atoms with Gasteiger partial charge in [0.2, 0.25) is 11.8 Å². The van der Waals surface area contributed by atoms with Crippen molar-refractivity contribution in [3.05, 3.63) is 0 Å². The van der Waals surface area contributed by atoms with Gasteiger partial charge in [0.15, 0.2) is 0 Å². The number of aliphatic hydroxyl groups excluding tert-OH is 1. The molecule has 0 aromatic heterocycles. The van der Waals surface area contributed by atoms with Crippen LogP contribution in [0, 0.1) is 11.3 Å². The molecule has 108 valence electrons. The first-order valence-corrected chi connectivity index (χ1v) is 7.24. The number of amides is 2. The van der Waals surface area contributed by atoms with E-state index in [1.807, 2.05) is 6.92 Å². The fourth-order valence-electron chi connectivity index (χ4n) is 3.03. The normalized spacial score (nSPS) is 35.6. The number of carbonyl (C=O) groups is 2. The second kappa shape index (κ2) is 5.90. The number of nitrogens with one attached hydrogen (secondary N) is 2. The van der Waals surface area contributed by atoms with Crippen molar-refractivity contribution in [1.29, 1.82) is 0 Å². The Bertz CT molecular complexity index is 359. The summed E-state index contributed by atoms with van der Waals surface area (Å²) < 4.78 is 0. The Hall–Kier alpha value is -1.10. The van der Waals surface area contributed by atoms with E-state index in [9.17, 15) is 14.7 Å². The highest BCUT2D eigenvalue weighted by Gasteiger charge is 2.36. The third-order valence-electron chi connectivity index (χ3n) is 4.56. The van der Waals surface area contributed by atoms with Crippen LogP contribution in [0.4, 0.5) is 0 Å². The predicted octanol–water partition coefficient (Wildman–Crippen LogP) is 0.570. The average Bonchev–Trinajstić information content (AvgIpc) is 2.40. The Balaban J connectivity index is 1.83. The van der Waals surface area contributed by atoms with Crippen molar-refractivity contribution in [3.8, 4) is 0 Å². The second-order valence-electron chi connectivity index (χ2n) is 6.17. The van der Waals surface area contributed by atoms with Gasteiger partial charge < -0.3 is 15.7 Å². The standard InChI is InChI=1S/C14H24N2O3/c1-14(6-3-2-4-11(14)17)9-16-13(19)10-5-7-15-12(18)8-10/h10-11,17H,2-9H2,1H3,(H,15,18)(H,16,19). The van der Waals surface area contributed by atoms with Gasteiger partial charge in [0, 0.05) is 30.8 Å². The molecule has 5 heteroatoms. The van der Waals surface area contributed by atoms with Crippen LogP contribution in [0.15, 0.2) is 0 Å². The summed E-state index contributed by atoms with van der Waals surface area (Å²) >= 11 is 0. The van der Waals surface area contributed by atoms with Crippen LogP contribution >= 0.6 is 0 Å². The molecule has 19 heavy (non-hydrogen) atoms. The lowest BCUT2D eigenvalue weighted by Gasteiger charge is -2.39. The minimum Gasteiger partial charge on any atom is -0.392 e. The summed E-state index contributed by atoms with van der Waals surface area (Å²) in [6.45, 7) is 3.12. The van der Waals surface area contributed by atoms with Crippen molar-refractivity contribution in [1.82, 2.24) is 10.6 Å². The molecule has 3 N–H and O–H groups in total. The van der Waals surface area contributed by atoms with Gasteiger partial charge in [-0.1, -0.05) is 19.8 Å². The largest absolute Gasteiger partial charge is 0.392 e. The van der Waals surface area contributed by atoms with Gasteiger partial charge >= 0.3 is 0 Å². The van der Waals surface area contributed by atoms with Crippen molar-refractivity contribution < 1.29 is 14.7 Å². The van der Waals surface area contributed by atoms with Gasteiger partial charge in [-0.25, -0.2) is 0 Å². The van der Waals surface area contributed by atoms with Crippen molar-refractivity contribution in [2.45, 2.75) is 51.6 Å². The summed E-state index contributed by atoms with van der Waals surface area (Å²) in [5, 5.41) is 15.7. The van der Waals surface area contributed by atoms with Crippen LogP contribution in [0.1, 0.15) is 45.4 Å². The molecule has 1 aliphatic carbocycles. The number of rotatable bonds is 3. The van der Waals surface area contributed by atoms with Crippen molar-refractivity contribution in [2.24, 2.45) is 11.3 Å². The zero-order valence-corrected chi connectivity index (χ0v) is 11.6. The first-order chi connectivity index (χ1) is 9.01. The number of hydrogen-bond acceptors (Lipinski definition) is 3. The summed E-state index contributed by atoms with van der Waals surface area (Å²) in [6, 6.07) is 0. The molecule has 1 saturated heterocycles. The molecule has 0 aromatic carbocycles. The third kappa shape index (κ3) is 3.47. The molecule has 2 amide bonds. The van der Waals surface area contributed by atoms with E-state index in [0.717, 1.165) is 25.7 Å². The molecule has 3 atom stereocenters. The number of piperidine rings is 1. The lowest BCUT2D eigenvalue weighted by Crippen LogP contribution is -2.48. The van der Waals surface area contributed by atoms with Crippen LogP contribution in [0.2, 0.25) is 0 Å². The highest BCUT2D eigenvalue weighted by Crippen LogP contribution is 2.35. The van der Waals surface area contributed by atoms with Gasteiger partial charge in [0.1, 0.15) is 0 Å². The van der Waals surface area contributed by atoms with Gasteiger partial charge in [-0.3, -0.25) is 9.59 Å². The molecule has 0 aromatic rings. The monoisotopic (exact) mass is 268 g/mol. The number of hydrogen-bond donors (Lipinski definition) is 3. The van der Waals surface area contributed by atoms with Gasteiger partial charge in [-0.05, 0) is 19.3 Å². The van der Waals surface area contributed by atoms with Crippen LogP contribution in [-0.4, -0.2) is 36.1 Å². The average molecular weight is 268 g/mol. The SMILES string of the molecule is CC1(CNC(=O)C2CCNC(=O)C2)CCCCC1O. The van der Waals surface area contributed by atoms with Crippen molar-refractivity contribution in [2.75, 3.05) is 13.1 Å². The smallest absolute Gasteiger partial charge is 0.223 e. The minimum absolute atomic E-state index is 0.0460. The molecular weight excluding hydrogens is 244 g/mol. The lowest BCUT2D eigenvalue weighted by atomic mass is 9.73. The zero-order chi connectivity index (χ0) is 13.9. The summed E-state index contributed by atoms with van der Waals surface area (Å²) in [7, 11) is 0. The Morgan fingerprint density at radius 2 is 2.26 bits per heavy atom. The van der Waals surface area contributed by atoms with E-state index in [0.29, 0.717) is 19.5 Å². The van der Waals surface area contributed by atoms with E-state index in [4.69, 9.17) is 0 Å². The fraction of sp³-hybridized carbons (Fsp3) is 0.857. The molecule has 1 saturated carbocycles. The van der Waals surface area contributed by atoms with Crippen LogP contribution in [0.3, 0.4) is 0 Å². The Morgan fingerprint density at radius 1 is 1.47 bits per heavy atom. The Kier molecular flexibility index (Phi) is 4.45. The first-order valence-electron chi connectivity index (χ1n) is 7.24. The molecule has 0 radical (unpaired) electrons. The molecule has 2 aliphatic rings. The highest BCUT2D eigenvalue weighted by molar-refractivity contribution is 5.86. The van der Waals surface area contributed by atoms with Crippen molar-refractivity contribution in [3.63, 3.8) is 0 Å². The van der Waals surface area contributed by atoms with Gasteiger partial charge in [-0.2, -0.15) is 0 Å². The van der Waals surface area contributed by atoms with Gasteiger partial charge in [0.25, 0.3) is 0 Å². The zero-order valence-electron chi connectivity index (χ0n) is 11.6. The quantitative estimate of drug-likeness (QED) is 0.700. The molecular formula is C14H24N2O3. The molecule has 0 spiro atoms. The van der Waals surface area contributed by atoms with E-state index in [2.05, 4.69) is 10.6 Å². The lowest BCUT2D eigenvalue weighted by molar-refractivity contribution is -0.133. The molecule has 1 aliphatic heterocycles. The van der Waals surface area contributed by atoms with E-state index in [1.54, 1.807) is 0 Å². The van der Waals surface area contributed by atoms with Gasteiger partial charge in [0.05, 0.1) is 6.10 Å². The first kappa shape index (κ1) is 14.3. The third-order valence-corrected chi connectivity index (χ3v) is 4.56. The molecule has 5 nitrogen and oxygen atoms in total. The topological polar surface area (TPSA) is 78.4 Å². The maximum atomic E-state index is 12.1. The van der Waals surface area contributed by atoms with E-state index >= 15 is 0 Å². The predicted molar refractivity (Wildman–Crippen MR) is 71.3 cm³/mol. The van der Waals surface area contributed by atoms with Crippen LogP contribution in [-0.2, 0) is 9.59 Å². The maximum Gasteiger partial charge on any atom is 0.223 e. The molecule has 2 fully saturated rings. The summed E-state index contributed by atoms with van der Waals surface area (Å²) in [4.78, 5) is 23.3. The summed E-state index contributed by atoms with van der Waals surface area (Å²) in [5.41, 5.74) is -0.217. The second-order valence-corrected chi connectivity index (χ2v) is 6.17. The van der Waals surface area contributed by atoms with Crippen LogP contribution in [0.25, 0.3) is 0 Å². The van der Waals surface area contributed by atoms with Crippen LogP contribution in [0.5, 0.6) is 0 Å². The van der Waals surface area contributed by atoms with E-state index < -0.39 is 0 Å². The van der Waals surface area contributed by atoms with Crippen molar-refractivity contribution >= 4 is 11.8 Å². The molecule has 0 bridgehead atoms. The fourth-order valence-corrected chi connectivity index (χ4v) is 3.03. The summed E-state index contributed by atoms with van der Waals surface area (Å²) in [5.74, 6) is -0.303. The Labute approximate surface area is 114 Å². The highest BCUT2D eigenvalue weighted by atomic mass is 16.3. The number of aliphatic hydroxyl groups is 1. The molecule has 3 unspecified atom stereocenters. The van der Waals surface area contributed by atoms with E-state index in [-0.39, 0.29) is 35.7 Å². The maximum absolute atomic E-state index is 12.1.